The molecule has 3 N–H and O–H groups in total. The van der Waals surface area contributed by atoms with Crippen LogP contribution >= 0.6 is 0 Å². The van der Waals surface area contributed by atoms with Gasteiger partial charge in [-0.3, -0.25) is 0 Å². The summed E-state index contributed by atoms with van der Waals surface area (Å²) in [4.78, 5) is 16.2. The lowest BCUT2D eigenvalue weighted by Gasteiger charge is -2.42. The molecule has 3 atom stereocenters. The highest BCUT2D eigenvalue weighted by atomic mass is 16.4. The van der Waals surface area contributed by atoms with Crippen molar-refractivity contribution >= 4 is 11.9 Å². The van der Waals surface area contributed by atoms with Gasteiger partial charge in [-0.05, 0) is 11.1 Å². The molecular formula is C18H16N4O3. The van der Waals surface area contributed by atoms with Gasteiger partial charge in [0.25, 0.3) is 5.72 Å². The lowest BCUT2D eigenvalue weighted by atomic mass is 9.78. The maximum absolute atomic E-state index is 12.1. The largest absolute Gasteiger partial charge is 0.478 e. The molecule has 0 saturated carbocycles. The van der Waals surface area contributed by atoms with Gasteiger partial charge in [-0.25, -0.2) is 4.79 Å². The van der Waals surface area contributed by atoms with E-state index < -0.39 is 23.7 Å². The maximum atomic E-state index is 12.1. The van der Waals surface area contributed by atoms with Crippen molar-refractivity contribution in [3.8, 4) is 0 Å². The molecule has 2 heterocycles. The van der Waals surface area contributed by atoms with Crippen LogP contribution < -0.4 is 5.32 Å². The molecule has 3 aromatic rings. The van der Waals surface area contributed by atoms with Crippen molar-refractivity contribution in [2.45, 2.75) is 17.7 Å². The second-order valence-corrected chi connectivity index (χ2v) is 5.95. The minimum atomic E-state index is -2.26. The van der Waals surface area contributed by atoms with Gasteiger partial charge in [0.1, 0.15) is 6.33 Å². The monoisotopic (exact) mass is 336 g/mol. The van der Waals surface area contributed by atoms with Gasteiger partial charge in [0, 0.05) is 0 Å². The molecule has 2 aromatic carbocycles. The molecule has 1 aliphatic heterocycles. The fourth-order valence-electron chi connectivity index (χ4n) is 3.42. The minimum absolute atomic E-state index is 0.214. The second kappa shape index (κ2) is 5.71. The summed E-state index contributed by atoms with van der Waals surface area (Å²) in [5.41, 5.74) is -0.723. The van der Waals surface area contributed by atoms with E-state index in [9.17, 15) is 15.0 Å². The molecule has 1 aliphatic rings. The first-order valence-electron chi connectivity index (χ1n) is 7.85. The number of carboxylic acids is 1. The molecule has 0 saturated heterocycles. The molecule has 7 heteroatoms. The number of hydrogen-bond donors (Lipinski definition) is 3. The van der Waals surface area contributed by atoms with Crippen LogP contribution in [0.3, 0.4) is 0 Å². The summed E-state index contributed by atoms with van der Waals surface area (Å²) in [5, 5.41) is 28.3. The number of aliphatic hydroxyl groups is 1. The predicted molar refractivity (Wildman–Crippen MR) is 89.8 cm³/mol. The van der Waals surface area contributed by atoms with Crippen LogP contribution in [0.5, 0.6) is 0 Å². The topological polar surface area (TPSA) is 100 Å². The molecule has 25 heavy (non-hydrogen) atoms. The Balaban J connectivity index is 1.97. The molecule has 0 amide bonds. The Morgan fingerprint density at radius 3 is 2.24 bits per heavy atom. The number of anilines is 1. The van der Waals surface area contributed by atoms with E-state index in [2.05, 4.69) is 15.4 Å². The third-order valence-corrected chi connectivity index (χ3v) is 4.55. The number of fused-ring (bicyclic) bond motifs is 1. The smallest absolute Gasteiger partial charge is 0.360 e. The number of carbonyl (C=O) groups is 1. The highest BCUT2D eigenvalue weighted by Gasteiger charge is 2.56. The summed E-state index contributed by atoms with van der Waals surface area (Å²) in [5.74, 6) is -1.97. The van der Waals surface area contributed by atoms with Crippen molar-refractivity contribution < 1.29 is 15.0 Å². The second-order valence-electron chi connectivity index (χ2n) is 5.95. The van der Waals surface area contributed by atoms with Gasteiger partial charge < -0.3 is 15.5 Å². The van der Waals surface area contributed by atoms with Gasteiger partial charge in [-0.15, -0.1) is 0 Å². The first kappa shape index (κ1) is 15.3. The molecular weight excluding hydrogens is 320 g/mol. The number of carboxylic acid groups (broad SMARTS) is 1. The van der Waals surface area contributed by atoms with Crippen LogP contribution in [0.4, 0.5) is 5.95 Å². The molecule has 0 fully saturated rings. The zero-order chi connectivity index (χ0) is 17.4. The van der Waals surface area contributed by atoms with E-state index in [1.165, 1.54) is 6.33 Å². The lowest BCUT2D eigenvalue weighted by Crippen LogP contribution is -2.54. The summed E-state index contributed by atoms with van der Waals surface area (Å²) in [6, 6.07) is 18.0. The predicted octanol–water partition coefficient (Wildman–Crippen LogP) is 1.96. The number of aliphatic carboxylic acids is 1. The third kappa shape index (κ3) is 2.28. The van der Waals surface area contributed by atoms with Crippen molar-refractivity contribution in [3.05, 3.63) is 78.1 Å². The molecule has 0 spiro atoms. The van der Waals surface area contributed by atoms with E-state index in [1.807, 2.05) is 48.5 Å². The molecule has 0 bridgehead atoms. The van der Waals surface area contributed by atoms with E-state index in [0.717, 1.165) is 10.2 Å². The molecule has 4 rings (SSSR count). The number of nitrogens with zero attached hydrogens (tertiary/aromatic N) is 3. The lowest BCUT2D eigenvalue weighted by molar-refractivity contribution is -0.179. The summed E-state index contributed by atoms with van der Waals surface area (Å²) in [6.45, 7) is 0. The number of rotatable bonds is 3. The number of aromatic nitrogens is 3. The Morgan fingerprint density at radius 2 is 1.64 bits per heavy atom. The van der Waals surface area contributed by atoms with Crippen LogP contribution in [-0.2, 0) is 10.5 Å². The first-order chi connectivity index (χ1) is 12.1. The average molecular weight is 336 g/mol. The fourth-order valence-corrected chi connectivity index (χ4v) is 3.42. The molecule has 126 valence electrons. The van der Waals surface area contributed by atoms with Crippen LogP contribution in [0.2, 0.25) is 0 Å². The standard InChI is InChI=1S/C18H16N4O3/c23-16(24)18(25)14(12-7-3-1-4-8-12)15(13-9-5-2-6-10-13)21-17-19-11-20-22(17)18/h1-11,14-15,25H,(H,23,24)(H,19,20,21)/t14-,15-,18?/m1/s1. The van der Waals surface area contributed by atoms with E-state index in [-0.39, 0.29) is 5.95 Å². The van der Waals surface area contributed by atoms with Gasteiger partial charge in [0.2, 0.25) is 5.95 Å². The van der Waals surface area contributed by atoms with Crippen molar-refractivity contribution in [2.24, 2.45) is 0 Å². The van der Waals surface area contributed by atoms with Gasteiger partial charge >= 0.3 is 5.97 Å². The molecule has 0 aliphatic carbocycles. The summed E-state index contributed by atoms with van der Waals surface area (Å²) in [7, 11) is 0. The van der Waals surface area contributed by atoms with Crippen LogP contribution in [0.15, 0.2) is 67.0 Å². The van der Waals surface area contributed by atoms with Crippen LogP contribution in [-0.4, -0.2) is 30.9 Å². The minimum Gasteiger partial charge on any atom is -0.478 e. The van der Waals surface area contributed by atoms with Gasteiger partial charge in [0.15, 0.2) is 0 Å². The Kier molecular flexibility index (Phi) is 3.51. The summed E-state index contributed by atoms with van der Waals surface area (Å²) >= 11 is 0. The summed E-state index contributed by atoms with van der Waals surface area (Å²) in [6.07, 6.45) is 1.23. The SMILES string of the molecule is O=C(O)C1(O)[C@H](c2ccccc2)[C@@H](c2ccccc2)Nc2ncnn21. The van der Waals surface area contributed by atoms with Crippen molar-refractivity contribution in [1.82, 2.24) is 14.8 Å². The van der Waals surface area contributed by atoms with Gasteiger partial charge in [-0.2, -0.15) is 14.8 Å². The van der Waals surface area contributed by atoms with Crippen molar-refractivity contribution in [3.63, 3.8) is 0 Å². The third-order valence-electron chi connectivity index (χ3n) is 4.55. The zero-order valence-electron chi connectivity index (χ0n) is 13.1. The number of hydrogen-bond acceptors (Lipinski definition) is 5. The molecule has 1 aromatic heterocycles. The maximum Gasteiger partial charge on any atom is 0.360 e. The van der Waals surface area contributed by atoms with Gasteiger partial charge in [-0.1, -0.05) is 60.7 Å². The van der Waals surface area contributed by atoms with E-state index in [4.69, 9.17) is 0 Å². The number of benzene rings is 2. The Labute approximate surface area is 143 Å². The van der Waals surface area contributed by atoms with Crippen molar-refractivity contribution in [2.75, 3.05) is 5.32 Å². The first-order valence-corrected chi connectivity index (χ1v) is 7.85. The normalized spacial score (nSPS) is 25.0. The number of nitrogens with one attached hydrogen (secondary N) is 1. The van der Waals surface area contributed by atoms with Crippen LogP contribution in [0.25, 0.3) is 0 Å². The van der Waals surface area contributed by atoms with E-state index >= 15 is 0 Å². The molecule has 1 unspecified atom stereocenters. The Bertz CT molecular complexity index is 897. The van der Waals surface area contributed by atoms with Crippen LogP contribution in [0.1, 0.15) is 23.1 Å². The van der Waals surface area contributed by atoms with E-state index in [0.29, 0.717) is 5.56 Å². The Morgan fingerprint density at radius 1 is 1.04 bits per heavy atom. The van der Waals surface area contributed by atoms with Crippen molar-refractivity contribution in [1.29, 1.82) is 0 Å². The van der Waals surface area contributed by atoms with Crippen LogP contribution in [0, 0.1) is 0 Å². The zero-order valence-corrected chi connectivity index (χ0v) is 13.1. The molecule has 7 nitrogen and oxygen atoms in total. The summed E-state index contributed by atoms with van der Waals surface area (Å²) < 4.78 is 1.03. The fraction of sp³-hybridized carbons (Fsp3) is 0.167. The Hall–Kier alpha value is -3.19. The highest BCUT2D eigenvalue weighted by molar-refractivity contribution is 5.78. The average Bonchev–Trinajstić information content (AvgIpc) is 3.12. The molecule has 0 radical (unpaired) electrons. The van der Waals surface area contributed by atoms with Gasteiger partial charge in [0.05, 0.1) is 12.0 Å². The highest BCUT2D eigenvalue weighted by Crippen LogP contribution is 2.47. The quantitative estimate of drug-likeness (QED) is 0.676. The van der Waals surface area contributed by atoms with E-state index in [1.54, 1.807) is 12.1 Å².